The molecule has 0 bridgehead atoms. The summed E-state index contributed by atoms with van der Waals surface area (Å²) >= 11 is 13.8. The van der Waals surface area contributed by atoms with Gasteiger partial charge in [-0.15, -0.1) is 0 Å². The van der Waals surface area contributed by atoms with Gasteiger partial charge in [-0.05, 0) is 25.7 Å². The Morgan fingerprint density at radius 3 is 2.48 bits per heavy atom. The number of likely N-dealkylation sites (N-methyl/N-ethyl adjacent to an activating group) is 1. The molecule has 0 spiro atoms. The molecular weight excluding hydrogens is 547 g/mol. The van der Waals surface area contributed by atoms with E-state index in [2.05, 4.69) is 34.5 Å². The van der Waals surface area contributed by atoms with Crippen LogP contribution in [0.15, 0.2) is 48.5 Å². The van der Waals surface area contributed by atoms with E-state index in [4.69, 9.17) is 32.9 Å². The van der Waals surface area contributed by atoms with E-state index >= 15 is 0 Å². The van der Waals surface area contributed by atoms with Crippen LogP contribution in [0.25, 0.3) is 22.4 Å². The third-order valence-corrected chi connectivity index (χ3v) is 7.97. The summed E-state index contributed by atoms with van der Waals surface area (Å²) < 4.78 is 7.42. The summed E-state index contributed by atoms with van der Waals surface area (Å²) in [5.41, 5.74) is 6.34. The van der Waals surface area contributed by atoms with Gasteiger partial charge in [0.1, 0.15) is 0 Å². The van der Waals surface area contributed by atoms with Gasteiger partial charge in [-0.25, -0.2) is 9.97 Å². The maximum Gasteiger partial charge on any atom is 0.291 e. The fourth-order valence-corrected chi connectivity index (χ4v) is 5.60. The topological polar surface area (TPSA) is 84.3 Å². The fraction of sp³-hybridized carbons (Fsp3) is 0.300. The number of fused-ring (bicyclic) bond motifs is 1. The van der Waals surface area contributed by atoms with Crippen LogP contribution < -0.4 is 15.4 Å². The number of amides is 1. The van der Waals surface area contributed by atoms with Gasteiger partial charge in [-0.2, -0.15) is 0 Å². The summed E-state index contributed by atoms with van der Waals surface area (Å²) in [6, 6.07) is 15.1. The molecule has 1 aliphatic heterocycles. The highest BCUT2D eigenvalue weighted by atomic mass is 35.5. The predicted molar refractivity (Wildman–Crippen MR) is 160 cm³/mol. The summed E-state index contributed by atoms with van der Waals surface area (Å²) in [6.07, 6.45) is 0.854. The van der Waals surface area contributed by atoms with Crippen molar-refractivity contribution in [3.05, 3.63) is 81.4 Å². The third-order valence-electron chi connectivity index (χ3n) is 7.16. The number of ether oxygens (including phenoxy) is 1. The van der Waals surface area contributed by atoms with Gasteiger partial charge < -0.3 is 24.8 Å². The molecule has 1 aliphatic rings. The lowest BCUT2D eigenvalue weighted by Gasteiger charge is -2.21. The summed E-state index contributed by atoms with van der Waals surface area (Å²) in [4.78, 5) is 24.8. The number of aromatic nitrogens is 3. The molecule has 1 amide bonds. The molecule has 8 nitrogen and oxygen atoms in total. The Labute approximate surface area is 244 Å². The molecule has 4 aromatic rings. The largest absolute Gasteiger partial charge is 0.481 e. The second kappa shape index (κ2) is 12.0. The van der Waals surface area contributed by atoms with E-state index in [1.807, 2.05) is 54.1 Å². The lowest BCUT2D eigenvalue weighted by atomic mass is 10.00. The van der Waals surface area contributed by atoms with Gasteiger partial charge in [0.2, 0.25) is 5.88 Å². The van der Waals surface area contributed by atoms with Gasteiger partial charge in [0.15, 0.2) is 5.82 Å². The van der Waals surface area contributed by atoms with E-state index in [-0.39, 0.29) is 5.91 Å². The normalized spacial score (nSPS) is 13.2. The zero-order chi connectivity index (χ0) is 28.4. The number of nitrogens with zero attached hydrogens (tertiary/aromatic N) is 4. The molecule has 3 heterocycles. The first-order valence-electron chi connectivity index (χ1n) is 13.2. The average Bonchev–Trinajstić information content (AvgIpc) is 3.28. The molecule has 2 aromatic heterocycles. The van der Waals surface area contributed by atoms with Gasteiger partial charge in [0, 0.05) is 61.1 Å². The smallest absolute Gasteiger partial charge is 0.291 e. The molecule has 40 heavy (non-hydrogen) atoms. The van der Waals surface area contributed by atoms with Crippen molar-refractivity contribution in [1.29, 1.82) is 0 Å². The Morgan fingerprint density at radius 2 is 1.73 bits per heavy atom. The van der Waals surface area contributed by atoms with Crippen LogP contribution in [0.3, 0.4) is 0 Å². The first-order chi connectivity index (χ1) is 19.3. The lowest BCUT2D eigenvalue weighted by molar-refractivity contribution is 0.101. The van der Waals surface area contributed by atoms with Crippen LogP contribution in [-0.4, -0.2) is 52.6 Å². The first kappa shape index (κ1) is 28.1. The second-order valence-electron chi connectivity index (χ2n) is 9.81. The number of pyridine rings is 1. The molecule has 0 radical (unpaired) electrons. The molecule has 0 aliphatic carbocycles. The van der Waals surface area contributed by atoms with Crippen molar-refractivity contribution in [2.24, 2.45) is 7.05 Å². The van der Waals surface area contributed by atoms with E-state index in [1.165, 1.54) is 0 Å². The molecular formula is C30H32Cl2N6O2. The molecule has 0 atom stereocenters. The quantitative estimate of drug-likeness (QED) is 0.274. The van der Waals surface area contributed by atoms with Crippen molar-refractivity contribution in [2.45, 2.75) is 26.4 Å². The zero-order valence-electron chi connectivity index (χ0n) is 23.0. The van der Waals surface area contributed by atoms with Crippen LogP contribution in [0.4, 0.5) is 5.69 Å². The van der Waals surface area contributed by atoms with Crippen LogP contribution in [0.2, 0.25) is 10.0 Å². The van der Waals surface area contributed by atoms with Gasteiger partial charge >= 0.3 is 0 Å². The molecule has 0 saturated heterocycles. The average molecular weight is 580 g/mol. The zero-order valence-corrected chi connectivity index (χ0v) is 24.5. The minimum Gasteiger partial charge on any atom is -0.481 e. The van der Waals surface area contributed by atoms with Gasteiger partial charge in [-0.3, -0.25) is 4.79 Å². The Hall–Kier alpha value is -3.43. The number of nitrogens with one attached hydrogen (secondary N) is 2. The van der Waals surface area contributed by atoms with E-state index in [9.17, 15) is 4.79 Å². The van der Waals surface area contributed by atoms with Crippen molar-refractivity contribution in [1.82, 2.24) is 24.8 Å². The maximum absolute atomic E-state index is 13.3. The third kappa shape index (κ3) is 5.45. The minimum atomic E-state index is -0.313. The summed E-state index contributed by atoms with van der Waals surface area (Å²) in [7, 11) is 5.54. The van der Waals surface area contributed by atoms with Crippen molar-refractivity contribution in [3.8, 4) is 28.3 Å². The Kier molecular flexibility index (Phi) is 8.42. The van der Waals surface area contributed by atoms with Crippen molar-refractivity contribution in [3.63, 3.8) is 0 Å². The van der Waals surface area contributed by atoms with Gasteiger partial charge in [0.05, 0.1) is 34.2 Å². The number of carbonyl (C=O) groups excluding carboxylic acids is 1. The minimum absolute atomic E-state index is 0.313. The van der Waals surface area contributed by atoms with Crippen molar-refractivity contribution < 1.29 is 9.53 Å². The SMILES string of the molecule is CCNCc1ccc(-c2cccc(-c3cccc(NC(=O)c4nc5c(n4C)CCN(C)C5)c3Cl)c2Cl)nc1OC. The van der Waals surface area contributed by atoms with E-state index in [0.29, 0.717) is 45.2 Å². The fourth-order valence-electron chi connectivity index (χ4n) is 5.00. The number of rotatable bonds is 8. The standard InChI is InChI=1S/C30H32Cl2N6O2/c1-5-33-16-18-12-13-22(36-30(18)40-4)21-10-6-8-19(26(21)31)20-9-7-11-23(27(20)32)35-29(39)28-34-24-17-37(2)15-14-25(24)38(28)3/h6-13,33H,5,14-17H2,1-4H3,(H,35,39). The first-order valence-corrected chi connectivity index (χ1v) is 13.9. The van der Waals surface area contributed by atoms with Crippen LogP contribution >= 0.6 is 23.2 Å². The monoisotopic (exact) mass is 578 g/mol. The Bertz CT molecular complexity index is 1570. The molecule has 0 unspecified atom stereocenters. The van der Waals surface area contributed by atoms with Gasteiger partial charge in [0.25, 0.3) is 5.91 Å². The highest BCUT2D eigenvalue weighted by Gasteiger charge is 2.25. The van der Waals surface area contributed by atoms with Crippen LogP contribution in [0, 0.1) is 0 Å². The number of carbonyl (C=O) groups is 1. The van der Waals surface area contributed by atoms with E-state index in [1.54, 1.807) is 13.2 Å². The number of imidazole rings is 1. The maximum atomic E-state index is 13.3. The van der Waals surface area contributed by atoms with Crippen LogP contribution in [0.5, 0.6) is 5.88 Å². The molecule has 0 saturated carbocycles. The van der Waals surface area contributed by atoms with Gasteiger partial charge in [-0.1, -0.05) is 66.5 Å². The van der Waals surface area contributed by atoms with Crippen molar-refractivity contribution in [2.75, 3.05) is 32.6 Å². The molecule has 5 rings (SSSR count). The van der Waals surface area contributed by atoms with E-state index in [0.717, 1.165) is 54.1 Å². The highest BCUT2D eigenvalue weighted by molar-refractivity contribution is 6.39. The highest BCUT2D eigenvalue weighted by Crippen LogP contribution is 2.41. The predicted octanol–water partition coefficient (Wildman–Crippen LogP) is 5.81. The summed E-state index contributed by atoms with van der Waals surface area (Å²) in [5.74, 6) is 0.595. The lowest BCUT2D eigenvalue weighted by Crippen LogP contribution is -2.27. The molecule has 2 aromatic carbocycles. The molecule has 208 valence electrons. The Morgan fingerprint density at radius 1 is 1.00 bits per heavy atom. The summed E-state index contributed by atoms with van der Waals surface area (Å²) in [5, 5.41) is 7.14. The molecule has 0 fully saturated rings. The Balaban J connectivity index is 1.45. The second-order valence-corrected chi connectivity index (χ2v) is 10.6. The number of hydrogen-bond donors (Lipinski definition) is 2. The summed E-state index contributed by atoms with van der Waals surface area (Å²) in [6.45, 7) is 5.22. The number of benzene rings is 2. The van der Waals surface area contributed by atoms with Crippen LogP contribution in [0.1, 0.15) is 34.5 Å². The number of anilines is 1. The molecule has 10 heteroatoms. The van der Waals surface area contributed by atoms with Crippen LogP contribution in [-0.2, 0) is 26.6 Å². The van der Waals surface area contributed by atoms with Crippen molar-refractivity contribution >= 4 is 34.8 Å². The number of hydrogen-bond acceptors (Lipinski definition) is 6. The molecule has 2 N–H and O–H groups in total. The van der Waals surface area contributed by atoms with E-state index < -0.39 is 0 Å². The number of methoxy groups -OCH3 is 1. The number of halogens is 2.